The van der Waals surface area contributed by atoms with E-state index < -0.39 is 0 Å². The molecule has 0 aromatic heterocycles. The van der Waals surface area contributed by atoms with Gasteiger partial charge in [-0.05, 0) is 109 Å². The topological polar surface area (TPSA) is 116 Å². The second-order valence-corrected chi connectivity index (χ2v) is 11.4. The van der Waals surface area contributed by atoms with Gasteiger partial charge in [0.2, 0.25) is 0 Å². The van der Waals surface area contributed by atoms with E-state index in [1.165, 1.54) is 43.2 Å². The molecule has 0 radical (unpaired) electrons. The van der Waals surface area contributed by atoms with Gasteiger partial charge in [-0.3, -0.25) is 5.41 Å². The molecule has 45 heavy (non-hydrogen) atoms. The molecule has 7 heteroatoms. The highest BCUT2D eigenvalue weighted by Crippen LogP contribution is 2.17. The largest absolute Gasteiger partial charge is 0.489 e. The van der Waals surface area contributed by atoms with Crippen molar-refractivity contribution >= 4 is 11.5 Å². The van der Waals surface area contributed by atoms with Crippen LogP contribution in [0.15, 0.2) is 97.1 Å². The molecule has 0 unspecified atom stereocenters. The number of nitrogen functional groups attached to an aromatic ring is 1. The highest BCUT2D eigenvalue weighted by Gasteiger charge is 2.03. The van der Waals surface area contributed by atoms with Gasteiger partial charge in [0.05, 0.1) is 0 Å². The fourth-order valence-electron chi connectivity index (χ4n) is 5.02. The molecule has 236 valence electrons. The molecular formula is C38H47N5O2. The molecule has 7 nitrogen and oxygen atoms in total. The highest BCUT2D eigenvalue weighted by molar-refractivity contribution is 5.96. The summed E-state index contributed by atoms with van der Waals surface area (Å²) in [5.41, 5.74) is 12.5. The third-order valence-corrected chi connectivity index (χ3v) is 7.61. The number of nitrogens with two attached hydrogens (primary N) is 1. The van der Waals surface area contributed by atoms with E-state index in [4.69, 9.17) is 26.0 Å². The maximum atomic E-state index is 7.71. The summed E-state index contributed by atoms with van der Waals surface area (Å²) in [5.74, 6) is 1.65. The summed E-state index contributed by atoms with van der Waals surface area (Å²) in [6.07, 6.45) is 6.13. The van der Waals surface area contributed by atoms with Gasteiger partial charge in [0.1, 0.15) is 30.5 Å². The minimum atomic E-state index is 0.0610. The minimum absolute atomic E-state index is 0.0610. The van der Waals surface area contributed by atoms with Crippen molar-refractivity contribution in [3.63, 3.8) is 0 Å². The maximum Gasteiger partial charge on any atom is 0.122 e. The number of unbranched alkanes of at least 4 members (excludes halogenated alkanes) is 4. The first-order chi connectivity index (χ1) is 22.0. The molecule has 0 atom stereocenters. The van der Waals surface area contributed by atoms with E-state index >= 15 is 0 Å². The first kappa shape index (κ1) is 33.4. The molecule has 0 spiro atoms. The van der Waals surface area contributed by atoms with Crippen molar-refractivity contribution in [3.05, 3.63) is 130 Å². The van der Waals surface area contributed by atoms with Crippen LogP contribution in [-0.4, -0.2) is 24.6 Å². The van der Waals surface area contributed by atoms with Crippen molar-refractivity contribution in [2.24, 2.45) is 5.73 Å². The predicted molar refractivity (Wildman–Crippen MR) is 184 cm³/mol. The van der Waals surface area contributed by atoms with Gasteiger partial charge in [-0.15, -0.1) is 0 Å². The Hall–Kier alpha value is -4.46. The van der Waals surface area contributed by atoms with Crippen LogP contribution in [0.25, 0.3) is 0 Å². The second-order valence-electron chi connectivity index (χ2n) is 11.4. The molecule has 6 N–H and O–H groups in total. The van der Waals surface area contributed by atoms with Crippen molar-refractivity contribution < 1.29 is 9.47 Å². The Bertz CT molecular complexity index is 1370. The molecule has 0 aliphatic rings. The summed E-state index contributed by atoms with van der Waals surface area (Å²) < 4.78 is 11.8. The number of nitrogens with one attached hydrogen (secondary N) is 4. The lowest BCUT2D eigenvalue weighted by Crippen LogP contribution is -2.15. The Morgan fingerprint density at radius 1 is 0.578 bits per heavy atom. The molecule has 4 rings (SSSR count). The zero-order valence-electron chi connectivity index (χ0n) is 26.4. The SMILES string of the molecule is CC(=N)c1ccc(OCc2cccc(CNCCCCCCCNCc3cccc(COc4ccc(C(=N)N)cc4)c3)c2)cc1. The number of ether oxygens (including phenoxy) is 2. The van der Waals surface area contributed by atoms with Gasteiger partial charge < -0.3 is 31.3 Å². The van der Waals surface area contributed by atoms with Crippen molar-refractivity contribution in [1.29, 1.82) is 10.8 Å². The molecular weight excluding hydrogens is 558 g/mol. The molecule has 0 saturated heterocycles. The predicted octanol–water partition coefficient (Wildman–Crippen LogP) is 7.35. The number of rotatable bonds is 20. The van der Waals surface area contributed by atoms with E-state index in [0.29, 0.717) is 24.5 Å². The third-order valence-electron chi connectivity index (χ3n) is 7.61. The van der Waals surface area contributed by atoms with Gasteiger partial charge in [-0.2, -0.15) is 0 Å². The minimum Gasteiger partial charge on any atom is -0.489 e. The van der Waals surface area contributed by atoms with Crippen LogP contribution in [0.1, 0.15) is 72.4 Å². The number of amidine groups is 1. The Labute approximate surface area is 268 Å². The fourth-order valence-corrected chi connectivity index (χ4v) is 5.02. The van der Waals surface area contributed by atoms with E-state index in [1.807, 2.05) is 36.4 Å². The summed E-state index contributed by atoms with van der Waals surface area (Å²) in [6, 6.07) is 32.1. The van der Waals surface area contributed by atoms with Crippen LogP contribution in [0.3, 0.4) is 0 Å². The lowest BCUT2D eigenvalue weighted by molar-refractivity contribution is 0.306. The van der Waals surface area contributed by atoms with E-state index in [2.05, 4.69) is 59.2 Å². The van der Waals surface area contributed by atoms with E-state index in [-0.39, 0.29) is 5.84 Å². The van der Waals surface area contributed by atoms with Crippen LogP contribution in [0, 0.1) is 10.8 Å². The molecule has 4 aromatic carbocycles. The van der Waals surface area contributed by atoms with Crippen LogP contribution >= 0.6 is 0 Å². The summed E-state index contributed by atoms with van der Waals surface area (Å²) in [5, 5.41) is 22.4. The Morgan fingerprint density at radius 3 is 1.44 bits per heavy atom. The van der Waals surface area contributed by atoms with Gasteiger partial charge in [-0.1, -0.05) is 67.8 Å². The molecule has 0 aliphatic carbocycles. The van der Waals surface area contributed by atoms with Crippen LogP contribution < -0.4 is 25.8 Å². The smallest absolute Gasteiger partial charge is 0.122 e. The summed E-state index contributed by atoms with van der Waals surface area (Å²) >= 11 is 0. The molecule has 0 aliphatic heterocycles. The summed E-state index contributed by atoms with van der Waals surface area (Å²) in [6.45, 7) is 6.61. The standard InChI is InChI=1S/C38H47N5O2/c1-29(39)34-13-17-36(18-14-34)44-27-32-11-7-9-30(23-32)25-42-21-5-3-2-4-6-22-43-26-31-10-8-12-33(24-31)28-45-37-19-15-35(16-20-37)38(40)41/h7-20,23-24,39,42-43H,2-6,21-22,25-28H2,1H3,(H3,40,41). The van der Waals surface area contributed by atoms with Gasteiger partial charge in [0.25, 0.3) is 0 Å². The van der Waals surface area contributed by atoms with Gasteiger partial charge in [0, 0.05) is 24.4 Å². The number of benzene rings is 4. The maximum absolute atomic E-state index is 7.71. The van der Waals surface area contributed by atoms with E-state index in [0.717, 1.165) is 54.4 Å². The Kier molecular flexibility index (Phi) is 13.6. The zero-order valence-corrected chi connectivity index (χ0v) is 26.4. The van der Waals surface area contributed by atoms with E-state index in [1.54, 1.807) is 19.1 Å². The number of hydrogen-bond acceptors (Lipinski definition) is 6. The van der Waals surface area contributed by atoms with E-state index in [9.17, 15) is 0 Å². The third kappa shape index (κ3) is 12.2. The Morgan fingerprint density at radius 2 is 1.00 bits per heavy atom. The van der Waals surface area contributed by atoms with Crippen LogP contribution in [0.5, 0.6) is 11.5 Å². The Balaban J connectivity index is 1.01. The number of hydrogen-bond donors (Lipinski definition) is 5. The fraction of sp³-hybridized carbons (Fsp3) is 0.316. The van der Waals surface area contributed by atoms with Gasteiger partial charge in [0.15, 0.2) is 0 Å². The lowest BCUT2D eigenvalue weighted by Gasteiger charge is -2.10. The second kappa shape index (κ2) is 18.4. The van der Waals surface area contributed by atoms with Crippen molar-refractivity contribution in [3.8, 4) is 11.5 Å². The van der Waals surface area contributed by atoms with Crippen molar-refractivity contribution in [2.75, 3.05) is 13.1 Å². The molecule has 0 amide bonds. The van der Waals surface area contributed by atoms with Gasteiger partial charge in [-0.25, -0.2) is 0 Å². The van der Waals surface area contributed by atoms with Gasteiger partial charge >= 0.3 is 0 Å². The van der Waals surface area contributed by atoms with Crippen LogP contribution in [-0.2, 0) is 26.3 Å². The van der Waals surface area contributed by atoms with Crippen molar-refractivity contribution in [2.45, 2.75) is 65.3 Å². The molecule has 0 bridgehead atoms. The normalized spacial score (nSPS) is 10.9. The van der Waals surface area contributed by atoms with Crippen LogP contribution in [0.2, 0.25) is 0 Å². The van der Waals surface area contributed by atoms with Crippen LogP contribution in [0.4, 0.5) is 0 Å². The molecule has 0 fully saturated rings. The monoisotopic (exact) mass is 605 g/mol. The average molecular weight is 606 g/mol. The average Bonchev–Trinajstić information content (AvgIpc) is 3.06. The molecule has 0 saturated carbocycles. The quantitative estimate of drug-likeness (QED) is 0.0410. The highest BCUT2D eigenvalue weighted by atomic mass is 16.5. The summed E-state index contributed by atoms with van der Waals surface area (Å²) in [7, 11) is 0. The molecule has 0 heterocycles. The first-order valence-corrected chi connectivity index (χ1v) is 15.9. The zero-order chi connectivity index (χ0) is 31.7. The lowest BCUT2D eigenvalue weighted by atomic mass is 10.1. The summed E-state index contributed by atoms with van der Waals surface area (Å²) in [4.78, 5) is 0. The first-order valence-electron chi connectivity index (χ1n) is 15.9. The molecule has 4 aromatic rings. The van der Waals surface area contributed by atoms with Crippen molar-refractivity contribution in [1.82, 2.24) is 10.6 Å².